The number of ether oxygens (including phenoxy) is 1. The number of aldehydes is 1. The molecule has 15 heavy (non-hydrogen) atoms. The predicted octanol–water partition coefficient (Wildman–Crippen LogP) is 4.10. The molecule has 0 N–H and O–H groups in total. The molecule has 1 aromatic carbocycles. The summed E-state index contributed by atoms with van der Waals surface area (Å²) in [6.45, 7) is 2.75. The summed E-state index contributed by atoms with van der Waals surface area (Å²) in [5.74, 6) is 0.834. The molecule has 0 saturated heterocycles. The van der Waals surface area contributed by atoms with Gasteiger partial charge in [0.1, 0.15) is 5.75 Å². The Hall–Kier alpha value is 0.880. The maximum Gasteiger partial charge on any atom is 0.152 e. The Morgan fingerprint density at radius 2 is 2.00 bits per heavy atom. The largest absolute Gasteiger partial charge is 0.491 e. The minimum absolute atomic E-state index is 0.685. The molecule has 2 nitrogen and oxygen atoms in total. The normalized spacial score (nSPS) is 10.1. The molecule has 0 bridgehead atoms. The van der Waals surface area contributed by atoms with Crippen molar-refractivity contribution in [2.24, 2.45) is 0 Å². The van der Waals surface area contributed by atoms with E-state index in [9.17, 15) is 4.79 Å². The smallest absolute Gasteiger partial charge is 0.152 e. The first-order valence-corrected chi connectivity index (χ1v) is 7.60. The first-order chi connectivity index (χ1) is 7.11. The molecule has 0 heterocycles. The lowest BCUT2D eigenvalue weighted by atomic mass is 10.2. The quantitative estimate of drug-likeness (QED) is 0.424. The standard InChI is InChI=1S/C10H9I3O2/c1-2-3-15-10-8(12)4-7(11)6(5-14)9(10)13/h4-5H,2-3H2,1H3. The van der Waals surface area contributed by atoms with Crippen LogP contribution >= 0.6 is 67.8 Å². The van der Waals surface area contributed by atoms with Gasteiger partial charge in [-0.2, -0.15) is 0 Å². The molecule has 0 fully saturated rings. The number of carbonyl (C=O) groups is 1. The number of hydrogen-bond donors (Lipinski definition) is 0. The summed E-state index contributed by atoms with van der Waals surface area (Å²) in [7, 11) is 0. The van der Waals surface area contributed by atoms with Crippen molar-refractivity contribution in [1.82, 2.24) is 0 Å². The average molecular weight is 542 g/mol. The van der Waals surface area contributed by atoms with Crippen molar-refractivity contribution in [3.05, 3.63) is 22.3 Å². The van der Waals surface area contributed by atoms with Crippen molar-refractivity contribution in [2.45, 2.75) is 13.3 Å². The number of benzene rings is 1. The van der Waals surface area contributed by atoms with E-state index in [2.05, 4.69) is 74.7 Å². The van der Waals surface area contributed by atoms with E-state index in [1.807, 2.05) is 6.07 Å². The van der Waals surface area contributed by atoms with Crippen molar-refractivity contribution in [1.29, 1.82) is 0 Å². The van der Waals surface area contributed by atoms with Crippen LogP contribution in [0, 0.1) is 10.7 Å². The molecule has 0 aliphatic carbocycles. The molecule has 0 atom stereocenters. The zero-order valence-electron chi connectivity index (χ0n) is 8.02. The van der Waals surface area contributed by atoms with Crippen LogP contribution in [0.4, 0.5) is 0 Å². The van der Waals surface area contributed by atoms with Gasteiger partial charge in [-0.25, -0.2) is 0 Å². The summed E-state index contributed by atoms with van der Waals surface area (Å²) in [5.41, 5.74) is 0.725. The highest BCUT2D eigenvalue weighted by Gasteiger charge is 2.14. The van der Waals surface area contributed by atoms with E-state index in [1.54, 1.807) is 0 Å². The topological polar surface area (TPSA) is 26.3 Å². The Labute approximate surface area is 130 Å². The Morgan fingerprint density at radius 1 is 1.33 bits per heavy atom. The molecule has 5 heteroatoms. The molecule has 0 aliphatic heterocycles. The lowest BCUT2D eigenvalue weighted by Gasteiger charge is -2.12. The highest BCUT2D eigenvalue weighted by molar-refractivity contribution is 14.1. The van der Waals surface area contributed by atoms with E-state index in [-0.39, 0.29) is 0 Å². The van der Waals surface area contributed by atoms with Crippen LogP contribution in [0.1, 0.15) is 23.7 Å². The van der Waals surface area contributed by atoms with E-state index < -0.39 is 0 Å². The zero-order chi connectivity index (χ0) is 11.4. The number of hydrogen-bond acceptors (Lipinski definition) is 2. The van der Waals surface area contributed by atoms with Crippen molar-refractivity contribution in [2.75, 3.05) is 6.61 Å². The van der Waals surface area contributed by atoms with Crippen LogP contribution < -0.4 is 4.74 Å². The third-order valence-electron chi connectivity index (χ3n) is 1.73. The molecule has 82 valence electrons. The van der Waals surface area contributed by atoms with Crippen molar-refractivity contribution in [3.63, 3.8) is 0 Å². The molecular formula is C10H9I3O2. The Balaban J connectivity index is 3.19. The molecule has 0 aromatic heterocycles. The summed E-state index contributed by atoms with van der Waals surface area (Å²) >= 11 is 6.57. The Morgan fingerprint density at radius 3 is 2.53 bits per heavy atom. The summed E-state index contributed by atoms with van der Waals surface area (Å²) in [5, 5.41) is 0. The molecule has 1 aromatic rings. The van der Waals surface area contributed by atoms with Crippen molar-refractivity contribution < 1.29 is 9.53 Å². The predicted molar refractivity (Wildman–Crippen MR) is 85.8 cm³/mol. The lowest BCUT2D eigenvalue weighted by molar-refractivity contribution is 0.112. The van der Waals surface area contributed by atoms with E-state index >= 15 is 0 Å². The van der Waals surface area contributed by atoms with Crippen LogP contribution in [-0.4, -0.2) is 12.9 Å². The minimum atomic E-state index is 0.685. The molecule has 0 saturated carbocycles. The molecule has 0 radical (unpaired) electrons. The monoisotopic (exact) mass is 542 g/mol. The van der Waals surface area contributed by atoms with Gasteiger partial charge in [0.05, 0.1) is 13.7 Å². The summed E-state index contributed by atoms with van der Waals surface area (Å²) in [6.07, 6.45) is 1.85. The van der Waals surface area contributed by atoms with E-state index in [1.165, 1.54) is 0 Å². The van der Waals surface area contributed by atoms with Gasteiger partial charge in [0.15, 0.2) is 6.29 Å². The maximum absolute atomic E-state index is 10.9. The summed E-state index contributed by atoms with van der Waals surface area (Å²) in [6, 6.07) is 1.97. The van der Waals surface area contributed by atoms with Crippen LogP contribution in [-0.2, 0) is 0 Å². The van der Waals surface area contributed by atoms with E-state index in [0.29, 0.717) is 6.61 Å². The van der Waals surface area contributed by atoms with Crippen LogP contribution in [0.2, 0.25) is 0 Å². The number of carbonyl (C=O) groups excluding carboxylic acids is 1. The molecule has 1 rings (SSSR count). The highest BCUT2D eigenvalue weighted by atomic mass is 127. The van der Waals surface area contributed by atoms with Crippen molar-refractivity contribution >= 4 is 74.1 Å². The fourth-order valence-corrected chi connectivity index (χ4v) is 4.97. The summed E-state index contributed by atoms with van der Waals surface area (Å²) in [4.78, 5) is 10.9. The van der Waals surface area contributed by atoms with Gasteiger partial charge in [0.25, 0.3) is 0 Å². The fraction of sp³-hybridized carbons (Fsp3) is 0.300. The lowest BCUT2D eigenvalue weighted by Crippen LogP contribution is -2.03. The first-order valence-electron chi connectivity index (χ1n) is 4.37. The second-order valence-electron chi connectivity index (χ2n) is 2.86. The zero-order valence-corrected chi connectivity index (χ0v) is 14.5. The minimum Gasteiger partial charge on any atom is -0.491 e. The number of halogens is 3. The highest BCUT2D eigenvalue weighted by Crippen LogP contribution is 2.32. The van der Waals surface area contributed by atoms with Crippen LogP contribution in [0.15, 0.2) is 6.07 Å². The third-order valence-corrected chi connectivity index (χ3v) is 4.50. The van der Waals surface area contributed by atoms with Gasteiger partial charge >= 0.3 is 0 Å². The Bertz CT molecular complexity index is 377. The van der Waals surface area contributed by atoms with Crippen LogP contribution in [0.25, 0.3) is 0 Å². The molecule has 0 spiro atoms. The fourth-order valence-electron chi connectivity index (χ4n) is 1.03. The van der Waals surface area contributed by atoms with Gasteiger partial charge in [0.2, 0.25) is 0 Å². The average Bonchev–Trinajstić information content (AvgIpc) is 2.17. The van der Waals surface area contributed by atoms with E-state index in [4.69, 9.17) is 4.74 Å². The van der Waals surface area contributed by atoms with Gasteiger partial charge in [-0.1, -0.05) is 6.92 Å². The van der Waals surface area contributed by atoms with E-state index in [0.717, 1.165) is 34.7 Å². The third kappa shape index (κ3) is 3.42. The molecule has 0 amide bonds. The number of rotatable bonds is 4. The molecule has 0 aliphatic rings. The summed E-state index contributed by atoms with van der Waals surface area (Å²) < 4.78 is 8.57. The Kier molecular flexibility index (Phi) is 6.11. The first kappa shape index (κ1) is 13.9. The van der Waals surface area contributed by atoms with Gasteiger partial charge in [-0.3, -0.25) is 4.79 Å². The van der Waals surface area contributed by atoms with Gasteiger partial charge < -0.3 is 4.74 Å². The molecule has 0 unspecified atom stereocenters. The van der Waals surface area contributed by atoms with Crippen LogP contribution in [0.3, 0.4) is 0 Å². The van der Waals surface area contributed by atoms with Crippen LogP contribution in [0.5, 0.6) is 5.75 Å². The molecular weight excluding hydrogens is 533 g/mol. The maximum atomic E-state index is 10.9. The second-order valence-corrected chi connectivity index (χ2v) is 6.27. The van der Waals surface area contributed by atoms with Crippen molar-refractivity contribution in [3.8, 4) is 5.75 Å². The van der Waals surface area contributed by atoms with Gasteiger partial charge in [-0.15, -0.1) is 0 Å². The second kappa shape index (κ2) is 6.58. The van der Waals surface area contributed by atoms with Gasteiger partial charge in [-0.05, 0) is 80.3 Å². The van der Waals surface area contributed by atoms with Gasteiger partial charge in [0, 0.05) is 9.13 Å². The SMILES string of the molecule is CCCOc1c(I)cc(I)c(C=O)c1I.